The van der Waals surface area contributed by atoms with Crippen LogP contribution in [0.25, 0.3) is 11.0 Å². The van der Waals surface area contributed by atoms with Gasteiger partial charge in [0.05, 0.1) is 18.6 Å². The summed E-state index contributed by atoms with van der Waals surface area (Å²) in [6.07, 6.45) is 0. The van der Waals surface area contributed by atoms with E-state index in [4.69, 9.17) is 4.42 Å². The van der Waals surface area contributed by atoms with Crippen molar-refractivity contribution in [1.29, 1.82) is 0 Å². The first-order chi connectivity index (χ1) is 13.7. The normalized spacial score (nSPS) is 13.3. The molecule has 142 valence electrons. The van der Waals surface area contributed by atoms with Crippen molar-refractivity contribution in [3.63, 3.8) is 0 Å². The maximum Gasteiger partial charge on any atom is 0.234 e. The molecule has 2 heterocycles. The van der Waals surface area contributed by atoms with Crippen LogP contribution in [0.1, 0.15) is 35.2 Å². The molecule has 0 fully saturated rings. The van der Waals surface area contributed by atoms with Gasteiger partial charge in [-0.05, 0) is 36.1 Å². The predicted octanol–water partition coefficient (Wildman–Crippen LogP) is 5.05. The van der Waals surface area contributed by atoms with Gasteiger partial charge in [-0.15, -0.1) is 11.3 Å². The number of fused-ring (bicyclic) bond motifs is 1. The van der Waals surface area contributed by atoms with Gasteiger partial charge >= 0.3 is 0 Å². The van der Waals surface area contributed by atoms with Gasteiger partial charge in [0.15, 0.2) is 0 Å². The van der Waals surface area contributed by atoms with Gasteiger partial charge in [-0.2, -0.15) is 0 Å². The number of hydrogen-bond acceptors (Lipinski definition) is 4. The molecule has 1 amide bonds. The smallest absolute Gasteiger partial charge is 0.234 e. The van der Waals surface area contributed by atoms with Gasteiger partial charge in [0, 0.05) is 10.3 Å². The Labute approximate surface area is 168 Å². The Bertz CT molecular complexity index is 1010. The maximum absolute atomic E-state index is 12.5. The molecule has 0 saturated heterocycles. The van der Waals surface area contributed by atoms with Gasteiger partial charge in [-0.1, -0.05) is 54.6 Å². The van der Waals surface area contributed by atoms with Crippen molar-refractivity contribution in [1.82, 2.24) is 10.6 Å². The minimum absolute atomic E-state index is 0.00606. The topological polar surface area (TPSA) is 54.3 Å². The Kier molecular flexibility index (Phi) is 5.55. The second kappa shape index (κ2) is 8.42. The summed E-state index contributed by atoms with van der Waals surface area (Å²) in [5.74, 6) is 0.692. The quantitative estimate of drug-likeness (QED) is 0.464. The van der Waals surface area contributed by atoms with Crippen molar-refractivity contribution < 1.29 is 9.21 Å². The van der Waals surface area contributed by atoms with Gasteiger partial charge in [0.25, 0.3) is 0 Å². The fourth-order valence-corrected chi connectivity index (χ4v) is 4.08. The summed E-state index contributed by atoms with van der Waals surface area (Å²) in [4.78, 5) is 13.7. The van der Waals surface area contributed by atoms with E-state index < -0.39 is 0 Å². The lowest BCUT2D eigenvalue weighted by molar-refractivity contribution is -0.121. The van der Waals surface area contributed by atoms with Crippen molar-refractivity contribution >= 4 is 28.2 Å². The highest BCUT2D eigenvalue weighted by molar-refractivity contribution is 7.10. The number of amides is 1. The molecular weight excluding hydrogens is 368 g/mol. The minimum atomic E-state index is -0.196. The number of furan rings is 1. The Morgan fingerprint density at radius 2 is 1.82 bits per heavy atom. The number of hydrogen-bond donors (Lipinski definition) is 2. The zero-order valence-corrected chi connectivity index (χ0v) is 16.4. The van der Waals surface area contributed by atoms with E-state index in [-0.39, 0.29) is 24.5 Å². The molecule has 0 aliphatic heterocycles. The summed E-state index contributed by atoms with van der Waals surface area (Å²) in [5, 5.41) is 9.50. The van der Waals surface area contributed by atoms with Crippen LogP contribution in [0.5, 0.6) is 0 Å². The van der Waals surface area contributed by atoms with Crippen LogP contribution < -0.4 is 10.6 Å². The van der Waals surface area contributed by atoms with Crippen LogP contribution in [0.4, 0.5) is 0 Å². The maximum atomic E-state index is 12.5. The van der Waals surface area contributed by atoms with E-state index in [1.165, 1.54) is 4.88 Å². The standard InChI is InChI=1S/C23H22N2O2S/c1-16(20-14-18-10-5-6-11-19(18)27-20)25-22(26)15-24-23(21-12-7-13-28-21)17-8-3-2-4-9-17/h2-14,16,23-24H,15H2,1H3,(H,25,26)/t16-,23+/m0/s1. The van der Waals surface area contributed by atoms with Gasteiger partial charge in [0.2, 0.25) is 5.91 Å². The number of carbonyl (C=O) groups excluding carboxylic acids is 1. The van der Waals surface area contributed by atoms with Crippen LogP contribution in [0.15, 0.2) is 82.6 Å². The molecule has 2 N–H and O–H groups in total. The Hall–Kier alpha value is -2.89. The highest BCUT2D eigenvalue weighted by atomic mass is 32.1. The molecule has 5 heteroatoms. The number of rotatable bonds is 7. The number of carbonyl (C=O) groups is 1. The predicted molar refractivity (Wildman–Crippen MR) is 113 cm³/mol. The van der Waals surface area contributed by atoms with E-state index in [9.17, 15) is 4.79 Å². The fourth-order valence-electron chi connectivity index (χ4n) is 3.26. The molecule has 0 aliphatic rings. The Balaban J connectivity index is 1.41. The summed E-state index contributed by atoms with van der Waals surface area (Å²) in [5.41, 5.74) is 1.97. The third-order valence-electron chi connectivity index (χ3n) is 4.68. The molecule has 2 atom stereocenters. The molecule has 28 heavy (non-hydrogen) atoms. The zero-order valence-electron chi connectivity index (χ0n) is 15.6. The first-order valence-electron chi connectivity index (χ1n) is 9.30. The number of benzene rings is 2. The van der Waals surface area contributed by atoms with Gasteiger partial charge in [0.1, 0.15) is 11.3 Å². The molecule has 0 saturated carbocycles. The van der Waals surface area contributed by atoms with Crippen LogP contribution in [0.3, 0.4) is 0 Å². The minimum Gasteiger partial charge on any atom is -0.459 e. The van der Waals surface area contributed by atoms with E-state index in [0.29, 0.717) is 0 Å². The molecule has 2 aromatic carbocycles. The summed E-state index contributed by atoms with van der Waals surface area (Å²) < 4.78 is 5.85. The van der Waals surface area contributed by atoms with Crippen molar-refractivity contribution in [2.24, 2.45) is 0 Å². The third-order valence-corrected chi connectivity index (χ3v) is 5.61. The highest BCUT2D eigenvalue weighted by Crippen LogP contribution is 2.26. The molecule has 2 aromatic heterocycles. The van der Waals surface area contributed by atoms with E-state index >= 15 is 0 Å². The fraction of sp³-hybridized carbons (Fsp3) is 0.174. The lowest BCUT2D eigenvalue weighted by atomic mass is 10.1. The molecule has 0 aliphatic carbocycles. The van der Waals surface area contributed by atoms with Crippen LogP contribution in [0, 0.1) is 0 Å². The van der Waals surface area contributed by atoms with Crippen LogP contribution in [0.2, 0.25) is 0 Å². The number of para-hydroxylation sites is 1. The van der Waals surface area contributed by atoms with Gasteiger partial charge in [-0.25, -0.2) is 0 Å². The van der Waals surface area contributed by atoms with E-state index in [1.54, 1.807) is 11.3 Å². The van der Waals surface area contributed by atoms with E-state index in [1.807, 2.05) is 61.5 Å². The zero-order chi connectivity index (χ0) is 19.3. The first kappa shape index (κ1) is 18.5. The van der Waals surface area contributed by atoms with Crippen molar-refractivity contribution in [2.45, 2.75) is 19.0 Å². The molecule has 4 nitrogen and oxygen atoms in total. The van der Waals surface area contributed by atoms with E-state index in [0.717, 1.165) is 22.3 Å². The molecule has 4 aromatic rings. The average molecular weight is 391 g/mol. The molecule has 0 unspecified atom stereocenters. The summed E-state index contributed by atoms with van der Waals surface area (Å²) in [7, 11) is 0. The number of thiophene rings is 1. The Morgan fingerprint density at radius 3 is 2.57 bits per heavy atom. The Morgan fingerprint density at radius 1 is 1.04 bits per heavy atom. The largest absolute Gasteiger partial charge is 0.459 e. The molecule has 0 bridgehead atoms. The van der Waals surface area contributed by atoms with Crippen molar-refractivity contribution in [3.8, 4) is 0 Å². The molecule has 0 radical (unpaired) electrons. The lowest BCUT2D eigenvalue weighted by Gasteiger charge is -2.19. The summed E-state index contributed by atoms with van der Waals surface area (Å²) in [6, 6.07) is 23.9. The second-order valence-electron chi connectivity index (χ2n) is 6.72. The van der Waals surface area contributed by atoms with Gasteiger partial charge in [-0.3, -0.25) is 10.1 Å². The third kappa shape index (κ3) is 4.16. The van der Waals surface area contributed by atoms with Crippen molar-refractivity contribution in [2.75, 3.05) is 6.54 Å². The average Bonchev–Trinajstić information content (AvgIpc) is 3.39. The summed E-state index contributed by atoms with van der Waals surface area (Å²) in [6.45, 7) is 2.16. The highest BCUT2D eigenvalue weighted by Gasteiger charge is 2.18. The monoisotopic (exact) mass is 390 g/mol. The SMILES string of the molecule is C[C@H](NC(=O)CN[C@H](c1ccccc1)c1cccs1)c1cc2ccccc2o1. The summed E-state index contributed by atoms with van der Waals surface area (Å²) >= 11 is 1.68. The van der Waals surface area contributed by atoms with E-state index in [2.05, 4.69) is 34.2 Å². The van der Waals surface area contributed by atoms with Crippen molar-refractivity contribution in [3.05, 3.63) is 94.4 Å². The molecule has 0 spiro atoms. The second-order valence-corrected chi connectivity index (χ2v) is 7.70. The van der Waals surface area contributed by atoms with Crippen LogP contribution in [-0.2, 0) is 4.79 Å². The van der Waals surface area contributed by atoms with Crippen LogP contribution in [-0.4, -0.2) is 12.5 Å². The number of nitrogens with one attached hydrogen (secondary N) is 2. The van der Waals surface area contributed by atoms with Crippen LogP contribution >= 0.6 is 11.3 Å². The lowest BCUT2D eigenvalue weighted by Crippen LogP contribution is -2.37. The first-order valence-corrected chi connectivity index (χ1v) is 10.2. The molecule has 4 rings (SSSR count). The van der Waals surface area contributed by atoms with Gasteiger partial charge < -0.3 is 9.73 Å². The molecular formula is C23H22N2O2S.